The molecule has 1 N–H and O–H groups in total. The quantitative estimate of drug-likeness (QED) is 0.858. The summed E-state index contributed by atoms with van der Waals surface area (Å²) in [5, 5.41) is 3.60. The Morgan fingerprint density at radius 3 is 2.80 bits per heavy atom. The zero-order valence-electron chi connectivity index (χ0n) is 12.7. The second-order valence-corrected chi connectivity index (χ2v) is 5.68. The fraction of sp³-hybridized carbons (Fsp3) is 0.588. The summed E-state index contributed by atoms with van der Waals surface area (Å²) in [5.41, 5.74) is 4.09. The standard InChI is InChI=1S/C14H17NO.C3H8O/c1-9-2-5-13-12(8-9)11-4-3-10(6-7-16)14(11)15-13;1-3-4-2/h2,5,7-8,10-11,14-15H,3-4,6H2,1H3;3H2,1-2H3. The van der Waals surface area contributed by atoms with Gasteiger partial charge in [-0.2, -0.15) is 0 Å². The van der Waals surface area contributed by atoms with Crippen molar-refractivity contribution in [3.63, 3.8) is 0 Å². The highest BCUT2D eigenvalue weighted by Crippen LogP contribution is 2.48. The first-order valence-electron chi connectivity index (χ1n) is 7.50. The van der Waals surface area contributed by atoms with Crippen LogP contribution in [-0.2, 0) is 9.53 Å². The summed E-state index contributed by atoms with van der Waals surface area (Å²) < 4.78 is 4.54. The van der Waals surface area contributed by atoms with Gasteiger partial charge in [-0.25, -0.2) is 0 Å². The molecular weight excluding hydrogens is 250 g/mol. The molecule has 0 saturated heterocycles. The second kappa shape index (κ2) is 6.89. The van der Waals surface area contributed by atoms with Crippen LogP contribution in [0.15, 0.2) is 18.2 Å². The molecule has 0 spiro atoms. The number of rotatable bonds is 3. The SMILES string of the molecule is CCOC.Cc1ccc2c(c1)C1CCC(CC=O)C1N2. The van der Waals surface area contributed by atoms with Crippen LogP contribution in [0.2, 0.25) is 0 Å². The highest BCUT2D eigenvalue weighted by Gasteiger charge is 2.41. The normalized spacial score (nSPS) is 26.1. The minimum absolute atomic E-state index is 0.502. The average Bonchev–Trinajstić information content (AvgIpc) is 3.00. The zero-order chi connectivity index (χ0) is 14.5. The minimum atomic E-state index is 0.502. The fourth-order valence-electron chi connectivity index (χ4n) is 3.34. The van der Waals surface area contributed by atoms with Crippen molar-refractivity contribution in [2.24, 2.45) is 5.92 Å². The molecule has 1 aromatic rings. The number of ether oxygens (including phenoxy) is 1. The molecule has 1 saturated carbocycles. The molecule has 3 atom stereocenters. The van der Waals surface area contributed by atoms with E-state index >= 15 is 0 Å². The maximum atomic E-state index is 10.6. The summed E-state index contributed by atoms with van der Waals surface area (Å²) in [6.07, 6.45) is 4.20. The van der Waals surface area contributed by atoms with Crippen molar-refractivity contribution in [3.05, 3.63) is 29.3 Å². The van der Waals surface area contributed by atoms with Crippen LogP contribution in [0, 0.1) is 12.8 Å². The summed E-state index contributed by atoms with van der Waals surface area (Å²) in [5.74, 6) is 1.18. The maximum absolute atomic E-state index is 10.6. The lowest BCUT2D eigenvalue weighted by atomic mass is 9.93. The van der Waals surface area contributed by atoms with Gasteiger partial charge in [0, 0.05) is 37.8 Å². The molecule has 1 aliphatic heterocycles. The van der Waals surface area contributed by atoms with E-state index in [1.54, 1.807) is 7.11 Å². The predicted molar refractivity (Wildman–Crippen MR) is 82.3 cm³/mol. The number of anilines is 1. The second-order valence-electron chi connectivity index (χ2n) is 5.68. The molecule has 1 heterocycles. The first-order chi connectivity index (χ1) is 9.71. The van der Waals surface area contributed by atoms with Crippen LogP contribution in [0.3, 0.4) is 0 Å². The van der Waals surface area contributed by atoms with E-state index in [-0.39, 0.29) is 0 Å². The minimum Gasteiger partial charge on any atom is -0.385 e. The Balaban J connectivity index is 0.000000328. The number of carbonyl (C=O) groups is 1. The monoisotopic (exact) mass is 275 g/mol. The van der Waals surface area contributed by atoms with Gasteiger partial charge in [0.05, 0.1) is 0 Å². The summed E-state index contributed by atoms with van der Waals surface area (Å²) in [4.78, 5) is 10.6. The van der Waals surface area contributed by atoms with E-state index in [1.807, 2.05) is 6.92 Å². The molecule has 3 rings (SSSR count). The Hall–Kier alpha value is -1.35. The van der Waals surface area contributed by atoms with Gasteiger partial charge in [-0.3, -0.25) is 0 Å². The van der Waals surface area contributed by atoms with E-state index in [0.717, 1.165) is 12.9 Å². The lowest BCUT2D eigenvalue weighted by Crippen LogP contribution is -2.23. The summed E-state index contributed by atoms with van der Waals surface area (Å²) in [7, 11) is 1.68. The molecule has 1 aliphatic carbocycles. The summed E-state index contributed by atoms with van der Waals surface area (Å²) in [6, 6.07) is 7.14. The van der Waals surface area contributed by atoms with Crippen molar-refractivity contribution < 1.29 is 9.53 Å². The van der Waals surface area contributed by atoms with Crippen molar-refractivity contribution in [1.29, 1.82) is 0 Å². The number of carbonyl (C=O) groups excluding carboxylic acids is 1. The van der Waals surface area contributed by atoms with E-state index in [2.05, 4.69) is 35.2 Å². The van der Waals surface area contributed by atoms with Gasteiger partial charge >= 0.3 is 0 Å². The van der Waals surface area contributed by atoms with Crippen LogP contribution in [0.5, 0.6) is 0 Å². The largest absolute Gasteiger partial charge is 0.385 e. The topological polar surface area (TPSA) is 38.3 Å². The van der Waals surface area contributed by atoms with E-state index in [4.69, 9.17) is 0 Å². The van der Waals surface area contributed by atoms with Gasteiger partial charge in [0.25, 0.3) is 0 Å². The van der Waals surface area contributed by atoms with Crippen LogP contribution < -0.4 is 5.32 Å². The first kappa shape index (κ1) is 15.0. The molecule has 0 amide bonds. The molecule has 1 fully saturated rings. The lowest BCUT2D eigenvalue weighted by Gasteiger charge is -2.17. The number of aryl methyl sites for hydroxylation is 1. The molecule has 3 nitrogen and oxygen atoms in total. The van der Waals surface area contributed by atoms with Gasteiger partial charge in [-0.15, -0.1) is 0 Å². The van der Waals surface area contributed by atoms with Crippen LogP contribution in [0.4, 0.5) is 5.69 Å². The smallest absolute Gasteiger partial charge is 0.120 e. The van der Waals surface area contributed by atoms with Crippen molar-refractivity contribution in [2.75, 3.05) is 19.0 Å². The van der Waals surface area contributed by atoms with Gasteiger partial charge in [0.15, 0.2) is 0 Å². The van der Waals surface area contributed by atoms with E-state index in [0.29, 0.717) is 24.3 Å². The van der Waals surface area contributed by atoms with Crippen LogP contribution in [0.25, 0.3) is 0 Å². The van der Waals surface area contributed by atoms with E-state index in [9.17, 15) is 4.79 Å². The number of hydrogen-bond acceptors (Lipinski definition) is 3. The molecule has 0 radical (unpaired) electrons. The lowest BCUT2D eigenvalue weighted by molar-refractivity contribution is -0.108. The Labute approximate surface area is 121 Å². The van der Waals surface area contributed by atoms with Crippen LogP contribution in [0.1, 0.15) is 43.2 Å². The number of aldehydes is 1. The molecule has 3 unspecified atom stereocenters. The van der Waals surface area contributed by atoms with Crippen LogP contribution >= 0.6 is 0 Å². The van der Waals surface area contributed by atoms with Crippen molar-refractivity contribution >= 4 is 12.0 Å². The number of benzene rings is 1. The average molecular weight is 275 g/mol. The predicted octanol–water partition coefficient (Wildman–Crippen LogP) is 3.52. The maximum Gasteiger partial charge on any atom is 0.120 e. The molecule has 3 heteroatoms. The van der Waals surface area contributed by atoms with Gasteiger partial charge in [0.2, 0.25) is 0 Å². The molecule has 1 aromatic carbocycles. The Kier molecular flexibility index (Phi) is 5.18. The van der Waals surface area contributed by atoms with Gasteiger partial charge in [0.1, 0.15) is 6.29 Å². The highest BCUT2D eigenvalue weighted by atomic mass is 16.5. The fourth-order valence-corrected chi connectivity index (χ4v) is 3.34. The van der Waals surface area contributed by atoms with Crippen molar-refractivity contribution in [2.45, 2.75) is 45.1 Å². The van der Waals surface area contributed by atoms with Crippen molar-refractivity contribution in [3.8, 4) is 0 Å². The molecule has 110 valence electrons. The molecule has 0 bridgehead atoms. The highest BCUT2D eigenvalue weighted by molar-refractivity contribution is 5.62. The third-order valence-corrected chi connectivity index (χ3v) is 4.41. The van der Waals surface area contributed by atoms with E-state index in [1.165, 1.54) is 29.7 Å². The number of hydrogen-bond donors (Lipinski definition) is 1. The molecular formula is C17H25NO2. The Bertz CT molecular complexity index is 456. The van der Waals surface area contributed by atoms with E-state index < -0.39 is 0 Å². The Morgan fingerprint density at radius 1 is 1.40 bits per heavy atom. The molecule has 0 aromatic heterocycles. The summed E-state index contributed by atoms with van der Waals surface area (Å²) in [6.45, 7) is 4.92. The third kappa shape index (κ3) is 3.04. The zero-order valence-corrected chi connectivity index (χ0v) is 12.7. The van der Waals surface area contributed by atoms with Gasteiger partial charge in [-0.1, -0.05) is 17.7 Å². The van der Waals surface area contributed by atoms with Crippen molar-refractivity contribution in [1.82, 2.24) is 0 Å². The van der Waals surface area contributed by atoms with Gasteiger partial charge in [-0.05, 0) is 44.2 Å². The number of nitrogens with one attached hydrogen (secondary N) is 1. The van der Waals surface area contributed by atoms with Crippen LogP contribution in [-0.4, -0.2) is 26.0 Å². The molecule has 20 heavy (non-hydrogen) atoms. The third-order valence-electron chi connectivity index (χ3n) is 4.41. The number of methoxy groups -OCH3 is 1. The first-order valence-corrected chi connectivity index (χ1v) is 7.50. The Morgan fingerprint density at radius 2 is 2.15 bits per heavy atom. The van der Waals surface area contributed by atoms with Gasteiger partial charge < -0.3 is 14.8 Å². The molecule has 2 aliphatic rings. The number of fused-ring (bicyclic) bond motifs is 3. The summed E-state index contributed by atoms with van der Waals surface area (Å²) >= 11 is 0.